The molecule has 1 unspecified atom stereocenters. The summed E-state index contributed by atoms with van der Waals surface area (Å²) in [5.74, 6) is 0. The van der Waals surface area contributed by atoms with E-state index in [9.17, 15) is 0 Å². The Hall–Kier alpha value is -0.500. The molecule has 0 spiro atoms. The van der Waals surface area contributed by atoms with E-state index in [4.69, 9.17) is 11.6 Å². The molecule has 0 aliphatic heterocycles. The number of aromatic nitrogens is 2. The second-order valence-electron chi connectivity index (χ2n) is 5.27. The fourth-order valence-corrected chi connectivity index (χ4v) is 1.71. The topological polar surface area (TPSA) is 17.8 Å². The smallest absolute Gasteiger partial charge is 0.0596 e. The lowest BCUT2D eigenvalue weighted by Gasteiger charge is -2.24. The molecule has 3 heteroatoms. The Morgan fingerprint density at radius 3 is 2.47 bits per heavy atom. The van der Waals surface area contributed by atoms with Gasteiger partial charge in [0, 0.05) is 18.1 Å². The highest BCUT2D eigenvalue weighted by Gasteiger charge is 2.22. The Bertz CT molecular complexity index is 323. The van der Waals surface area contributed by atoms with Crippen molar-refractivity contribution < 1.29 is 0 Å². The molecule has 0 aliphatic rings. The van der Waals surface area contributed by atoms with Crippen LogP contribution in [-0.2, 0) is 13.5 Å². The van der Waals surface area contributed by atoms with Crippen LogP contribution < -0.4 is 0 Å². The molecule has 0 fully saturated rings. The van der Waals surface area contributed by atoms with Crippen molar-refractivity contribution in [2.24, 2.45) is 12.5 Å². The van der Waals surface area contributed by atoms with Crippen molar-refractivity contribution in [3.63, 3.8) is 0 Å². The molecule has 0 bridgehead atoms. The highest BCUT2D eigenvalue weighted by atomic mass is 35.5. The number of rotatable bonds is 3. The average molecular weight is 229 g/mol. The number of nitrogens with zero attached hydrogens (tertiary/aromatic N) is 2. The fraction of sp³-hybridized carbons (Fsp3) is 0.750. The summed E-state index contributed by atoms with van der Waals surface area (Å²) in [5, 5.41) is 4.54. The number of aryl methyl sites for hydroxylation is 3. The van der Waals surface area contributed by atoms with Crippen LogP contribution in [0.3, 0.4) is 0 Å². The molecular formula is C12H21ClN2. The van der Waals surface area contributed by atoms with Crippen LogP contribution in [0, 0.1) is 12.3 Å². The van der Waals surface area contributed by atoms with Gasteiger partial charge in [-0.2, -0.15) is 5.10 Å². The van der Waals surface area contributed by atoms with Gasteiger partial charge in [-0.15, -0.1) is 11.6 Å². The summed E-state index contributed by atoms with van der Waals surface area (Å²) < 4.78 is 1.95. The summed E-state index contributed by atoms with van der Waals surface area (Å²) in [6.07, 6.45) is 2.01. The lowest BCUT2D eigenvalue weighted by molar-refractivity contribution is 0.372. The lowest BCUT2D eigenvalue weighted by Crippen LogP contribution is -2.21. The minimum atomic E-state index is 0.176. The van der Waals surface area contributed by atoms with Crippen LogP contribution in [0.1, 0.15) is 38.6 Å². The first-order valence-corrected chi connectivity index (χ1v) is 5.88. The third-order valence-electron chi connectivity index (χ3n) is 2.69. The highest BCUT2D eigenvalue weighted by molar-refractivity contribution is 6.21. The van der Waals surface area contributed by atoms with E-state index in [1.807, 2.05) is 18.7 Å². The molecule has 1 aromatic heterocycles. The van der Waals surface area contributed by atoms with Crippen LogP contribution in [0.5, 0.6) is 0 Å². The molecule has 1 atom stereocenters. The van der Waals surface area contributed by atoms with Gasteiger partial charge >= 0.3 is 0 Å². The zero-order valence-electron chi connectivity index (χ0n) is 10.3. The maximum atomic E-state index is 6.34. The normalized spacial score (nSPS) is 14.3. The Balaban J connectivity index is 2.54. The van der Waals surface area contributed by atoms with Crippen molar-refractivity contribution >= 4 is 11.6 Å². The zero-order chi connectivity index (χ0) is 11.6. The minimum absolute atomic E-state index is 0.176. The van der Waals surface area contributed by atoms with Gasteiger partial charge in [0.1, 0.15) is 0 Å². The van der Waals surface area contributed by atoms with Crippen molar-refractivity contribution in [2.75, 3.05) is 0 Å². The molecular weight excluding hydrogens is 208 g/mol. The molecule has 1 heterocycles. The summed E-state index contributed by atoms with van der Waals surface area (Å²) in [7, 11) is 1.99. The third-order valence-corrected chi connectivity index (χ3v) is 3.57. The van der Waals surface area contributed by atoms with E-state index in [-0.39, 0.29) is 10.8 Å². The van der Waals surface area contributed by atoms with Crippen LogP contribution in [0.25, 0.3) is 0 Å². The first kappa shape index (κ1) is 12.6. The van der Waals surface area contributed by atoms with E-state index >= 15 is 0 Å². The molecule has 1 aromatic rings. The summed E-state index contributed by atoms with van der Waals surface area (Å²) in [4.78, 5) is 0. The quantitative estimate of drug-likeness (QED) is 0.726. The zero-order valence-corrected chi connectivity index (χ0v) is 11.1. The van der Waals surface area contributed by atoms with Gasteiger partial charge in [0.2, 0.25) is 0 Å². The molecule has 0 aliphatic carbocycles. The Morgan fingerprint density at radius 1 is 1.47 bits per heavy atom. The van der Waals surface area contributed by atoms with E-state index in [0.29, 0.717) is 0 Å². The third kappa shape index (κ3) is 3.53. The summed E-state index contributed by atoms with van der Waals surface area (Å²) in [6.45, 7) is 8.56. The molecule has 0 amide bonds. The standard InChI is InChI=1S/C12H21ClN2/c1-9-8-10(15(5)14-9)6-7-11(13)12(2,3)4/h8,11H,6-7H2,1-5H3. The molecule has 86 valence electrons. The number of hydrogen-bond donors (Lipinski definition) is 0. The molecule has 2 nitrogen and oxygen atoms in total. The summed E-state index contributed by atoms with van der Waals surface area (Å²) >= 11 is 6.34. The molecule has 15 heavy (non-hydrogen) atoms. The van der Waals surface area contributed by atoms with Gasteiger partial charge in [-0.3, -0.25) is 4.68 Å². The second-order valence-corrected chi connectivity index (χ2v) is 5.80. The largest absolute Gasteiger partial charge is 0.272 e. The second kappa shape index (κ2) is 4.56. The SMILES string of the molecule is Cc1cc(CCC(Cl)C(C)(C)C)n(C)n1. The predicted octanol–water partition coefficient (Wildman–Crippen LogP) is 3.31. The van der Waals surface area contributed by atoms with Crippen molar-refractivity contribution in [3.05, 3.63) is 17.5 Å². The summed E-state index contributed by atoms with van der Waals surface area (Å²) in [6, 6.07) is 2.13. The van der Waals surface area contributed by atoms with E-state index in [0.717, 1.165) is 18.5 Å². The Kier molecular flexibility index (Phi) is 3.82. The van der Waals surface area contributed by atoms with Gasteiger partial charge in [-0.1, -0.05) is 20.8 Å². The van der Waals surface area contributed by atoms with Crippen LogP contribution in [0.15, 0.2) is 6.07 Å². The maximum Gasteiger partial charge on any atom is 0.0596 e. The van der Waals surface area contributed by atoms with Crippen molar-refractivity contribution in [3.8, 4) is 0 Å². The summed E-state index contributed by atoms with van der Waals surface area (Å²) in [5.41, 5.74) is 2.52. The van der Waals surface area contributed by atoms with E-state index < -0.39 is 0 Å². The predicted molar refractivity (Wildman–Crippen MR) is 65.4 cm³/mol. The highest BCUT2D eigenvalue weighted by Crippen LogP contribution is 2.28. The number of alkyl halides is 1. The van der Waals surface area contributed by atoms with Gasteiger partial charge < -0.3 is 0 Å². The molecule has 0 N–H and O–H groups in total. The number of hydrogen-bond acceptors (Lipinski definition) is 1. The molecule has 0 aromatic carbocycles. The van der Waals surface area contributed by atoms with Gasteiger partial charge in [0.05, 0.1) is 5.69 Å². The first-order valence-electron chi connectivity index (χ1n) is 5.44. The average Bonchev–Trinajstić information content (AvgIpc) is 2.39. The van der Waals surface area contributed by atoms with E-state index in [2.05, 4.69) is 31.9 Å². The lowest BCUT2D eigenvalue weighted by atomic mass is 9.89. The van der Waals surface area contributed by atoms with Crippen molar-refractivity contribution in [2.45, 2.75) is 45.9 Å². The Morgan fingerprint density at radius 2 is 2.07 bits per heavy atom. The van der Waals surface area contributed by atoms with Crippen LogP contribution in [-0.4, -0.2) is 15.2 Å². The molecule has 0 radical (unpaired) electrons. The van der Waals surface area contributed by atoms with Crippen LogP contribution in [0.2, 0.25) is 0 Å². The van der Waals surface area contributed by atoms with Gasteiger partial charge in [-0.25, -0.2) is 0 Å². The van der Waals surface area contributed by atoms with Crippen molar-refractivity contribution in [1.29, 1.82) is 0 Å². The van der Waals surface area contributed by atoms with E-state index in [1.54, 1.807) is 0 Å². The first-order chi connectivity index (χ1) is 6.80. The minimum Gasteiger partial charge on any atom is -0.272 e. The fourth-order valence-electron chi connectivity index (χ4n) is 1.61. The number of halogens is 1. The molecule has 1 rings (SSSR count). The molecule has 0 saturated carbocycles. The van der Waals surface area contributed by atoms with Crippen LogP contribution in [0.4, 0.5) is 0 Å². The van der Waals surface area contributed by atoms with Crippen LogP contribution >= 0.6 is 11.6 Å². The molecule has 0 saturated heterocycles. The van der Waals surface area contributed by atoms with Gasteiger partial charge in [0.25, 0.3) is 0 Å². The van der Waals surface area contributed by atoms with Gasteiger partial charge in [0.15, 0.2) is 0 Å². The van der Waals surface area contributed by atoms with E-state index in [1.165, 1.54) is 5.69 Å². The van der Waals surface area contributed by atoms with Gasteiger partial charge in [-0.05, 0) is 31.2 Å². The van der Waals surface area contributed by atoms with Crippen molar-refractivity contribution in [1.82, 2.24) is 9.78 Å². The Labute approximate surface area is 97.6 Å². The monoisotopic (exact) mass is 228 g/mol. The maximum absolute atomic E-state index is 6.34.